The fourth-order valence-electron chi connectivity index (χ4n) is 3.13. The summed E-state index contributed by atoms with van der Waals surface area (Å²) in [4.78, 5) is 13.5. The van der Waals surface area contributed by atoms with Crippen LogP contribution in [0.25, 0.3) is 0 Å². The summed E-state index contributed by atoms with van der Waals surface area (Å²) in [5, 5.41) is 0. The SMILES string of the molecule is COc1ccc(N(C(=O)c2ccc(C(C)(C)C)cc2)S(=O)(=O)c2ccc(C)cc2)cc1. The van der Waals surface area contributed by atoms with Gasteiger partial charge in [-0.25, -0.2) is 8.42 Å². The molecule has 0 N–H and O–H groups in total. The van der Waals surface area contributed by atoms with Crippen molar-refractivity contribution in [3.05, 3.63) is 89.5 Å². The van der Waals surface area contributed by atoms with Crippen LogP contribution in [0.5, 0.6) is 5.75 Å². The van der Waals surface area contributed by atoms with Gasteiger partial charge in [0, 0.05) is 5.56 Å². The number of rotatable bonds is 5. The molecule has 162 valence electrons. The molecule has 0 atom stereocenters. The van der Waals surface area contributed by atoms with E-state index in [1.807, 2.05) is 19.1 Å². The first kappa shape index (κ1) is 22.6. The molecule has 1 amide bonds. The zero-order valence-electron chi connectivity index (χ0n) is 18.4. The van der Waals surface area contributed by atoms with Gasteiger partial charge in [0.15, 0.2) is 0 Å². The van der Waals surface area contributed by atoms with Crippen molar-refractivity contribution in [1.82, 2.24) is 0 Å². The summed E-state index contributed by atoms with van der Waals surface area (Å²) in [6.07, 6.45) is 0. The molecule has 5 nitrogen and oxygen atoms in total. The molecular formula is C25H27NO4S. The first-order valence-corrected chi connectivity index (χ1v) is 11.4. The molecule has 0 radical (unpaired) electrons. The van der Waals surface area contributed by atoms with Gasteiger partial charge in [-0.05, 0) is 66.4 Å². The number of benzene rings is 3. The van der Waals surface area contributed by atoms with E-state index in [9.17, 15) is 13.2 Å². The Kier molecular flexibility index (Phi) is 6.23. The van der Waals surface area contributed by atoms with Crippen molar-refractivity contribution in [3.8, 4) is 5.75 Å². The monoisotopic (exact) mass is 437 g/mol. The zero-order chi connectivity index (χ0) is 22.8. The molecule has 3 aromatic rings. The van der Waals surface area contributed by atoms with Gasteiger partial charge in [0.2, 0.25) is 0 Å². The molecule has 0 fully saturated rings. The predicted molar refractivity (Wildman–Crippen MR) is 123 cm³/mol. The van der Waals surface area contributed by atoms with Gasteiger partial charge in [-0.3, -0.25) is 4.79 Å². The van der Waals surface area contributed by atoms with Crippen molar-refractivity contribution < 1.29 is 17.9 Å². The van der Waals surface area contributed by atoms with E-state index in [0.717, 1.165) is 15.4 Å². The number of sulfonamides is 1. The average Bonchev–Trinajstić information content (AvgIpc) is 2.74. The van der Waals surface area contributed by atoms with Gasteiger partial charge in [0.25, 0.3) is 15.9 Å². The van der Waals surface area contributed by atoms with Gasteiger partial charge >= 0.3 is 0 Å². The van der Waals surface area contributed by atoms with E-state index in [-0.39, 0.29) is 16.0 Å². The fraction of sp³-hybridized carbons (Fsp3) is 0.240. The van der Waals surface area contributed by atoms with E-state index in [2.05, 4.69) is 20.8 Å². The van der Waals surface area contributed by atoms with Crippen LogP contribution >= 0.6 is 0 Å². The number of anilines is 1. The molecule has 6 heteroatoms. The standard InChI is InChI=1S/C25H27NO4S/c1-18-6-16-23(17-7-18)31(28,29)26(21-12-14-22(30-5)15-13-21)24(27)19-8-10-20(11-9-19)25(2,3)4/h6-17H,1-5H3. The molecule has 3 rings (SSSR count). The highest BCUT2D eigenvalue weighted by Gasteiger charge is 2.32. The van der Waals surface area contributed by atoms with Gasteiger partial charge in [0.1, 0.15) is 5.75 Å². The lowest BCUT2D eigenvalue weighted by Crippen LogP contribution is -2.37. The summed E-state index contributed by atoms with van der Waals surface area (Å²) in [6, 6.07) is 19.9. The van der Waals surface area contributed by atoms with Crippen LogP contribution in [0.2, 0.25) is 0 Å². The molecule has 0 aliphatic heterocycles. The number of hydrogen-bond donors (Lipinski definition) is 0. The Morgan fingerprint density at radius 1 is 0.839 bits per heavy atom. The molecule has 31 heavy (non-hydrogen) atoms. The summed E-state index contributed by atoms with van der Waals surface area (Å²) >= 11 is 0. The number of nitrogens with zero attached hydrogens (tertiary/aromatic N) is 1. The molecule has 0 saturated carbocycles. The third kappa shape index (κ3) is 4.80. The van der Waals surface area contributed by atoms with Crippen molar-refractivity contribution in [2.75, 3.05) is 11.4 Å². The lowest BCUT2D eigenvalue weighted by atomic mass is 9.87. The molecule has 0 saturated heterocycles. The van der Waals surface area contributed by atoms with Crippen LogP contribution in [0.1, 0.15) is 42.3 Å². The molecule has 0 spiro atoms. The quantitative estimate of drug-likeness (QED) is 0.541. The van der Waals surface area contributed by atoms with Crippen molar-refractivity contribution in [2.24, 2.45) is 0 Å². The van der Waals surface area contributed by atoms with Gasteiger partial charge < -0.3 is 4.74 Å². The molecule has 0 unspecified atom stereocenters. The van der Waals surface area contributed by atoms with Crippen LogP contribution in [0.4, 0.5) is 5.69 Å². The number of hydrogen-bond acceptors (Lipinski definition) is 4. The Balaban J connectivity index is 2.11. The second kappa shape index (κ2) is 8.55. The van der Waals surface area contributed by atoms with Crippen molar-refractivity contribution in [2.45, 2.75) is 38.0 Å². The van der Waals surface area contributed by atoms with E-state index in [0.29, 0.717) is 11.3 Å². The van der Waals surface area contributed by atoms with Crippen LogP contribution in [-0.4, -0.2) is 21.4 Å². The number of carbonyl (C=O) groups is 1. The summed E-state index contributed by atoms with van der Waals surface area (Å²) in [7, 11) is -2.61. The minimum absolute atomic E-state index is 0.0496. The summed E-state index contributed by atoms with van der Waals surface area (Å²) in [6.45, 7) is 8.11. The van der Waals surface area contributed by atoms with E-state index < -0.39 is 15.9 Å². The Morgan fingerprint density at radius 2 is 1.39 bits per heavy atom. The Bertz CT molecular complexity index is 1160. The molecule has 3 aromatic carbocycles. The van der Waals surface area contributed by atoms with Crippen LogP contribution in [-0.2, 0) is 15.4 Å². The molecule has 0 aliphatic rings. The van der Waals surface area contributed by atoms with Crippen LogP contribution in [0.3, 0.4) is 0 Å². The number of amides is 1. The summed E-state index contributed by atoms with van der Waals surface area (Å²) in [5.74, 6) is -0.0513. The van der Waals surface area contributed by atoms with E-state index >= 15 is 0 Å². The third-order valence-corrected chi connectivity index (χ3v) is 6.77. The topological polar surface area (TPSA) is 63.7 Å². The van der Waals surface area contributed by atoms with Gasteiger partial charge in [-0.2, -0.15) is 4.31 Å². The lowest BCUT2D eigenvalue weighted by molar-refractivity contribution is 0.101. The minimum Gasteiger partial charge on any atom is -0.497 e. The number of methoxy groups -OCH3 is 1. The Labute approximate surface area is 184 Å². The summed E-state index contributed by atoms with van der Waals surface area (Å²) < 4.78 is 33.0. The molecule has 0 aliphatic carbocycles. The summed E-state index contributed by atoms with van der Waals surface area (Å²) in [5.41, 5.74) is 2.44. The second-order valence-corrected chi connectivity index (χ2v) is 10.2. The number of carbonyl (C=O) groups excluding carboxylic acids is 1. The maximum atomic E-state index is 13.5. The van der Waals surface area contributed by atoms with Crippen LogP contribution in [0, 0.1) is 6.92 Å². The Hall–Kier alpha value is -3.12. The maximum Gasteiger partial charge on any atom is 0.272 e. The van der Waals surface area contributed by atoms with E-state index in [4.69, 9.17) is 4.74 Å². The first-order valence-electron chi connectivity index (χ1n) is 9.95. The second-order valence-electron chi connectivity index (χ2n) is 8.41. The molecule has 0 aromatic heterocycles. The average molecular weight is 438 g/mol. The maximum absolute atomic E-state index is 13.5. The van der Waals surface area contributed by atoms with Gasteiger partial charge in [-0.15, -0.1) is 0 Å². The number of aryl methyl sites for hydroxylation is 1. The van der Waals surface area contributed by atoms with E-state index in [1.54, 1.807) is 48.5 Å². The minimum atomic E-state index is -4.13. The van der Waals surface area contributed by atoms with Crippen molar-refractivity contribution in [3.63, 3.8) is 0 Å². The van der Waals surface area contributed by atoms with Gasteiger partial charge in [0.05, 0.1) is 17.7 Å². The molecule has 0 bridgehead atoms. The predicted octanol–water partition coefficient (Wildman–Crippen LogP) is 5.34. The smallest absolute Gasteiger partial charge is 0.272 e. The molecule has 0 heterocycles. The third-order valence-electron chi connectivity index (χ3n) is 5.05. The largest absolute Gasteiger partial charge is 0.497 e. The first-order chi connectivity index (χ1) is 14.5. The highest BCUT2D eigenvalue weighted by molar-refractivity contribution is 7.93. The normalized spacial score (nSPS) is 11.8. The fourth-order valence-corrected chi connectivity index (χ4v) is 4.54. The van der Waals surface area contributed by atoms with E-state index in [1.165, 1.54) is 19.2 Å². The number of ether oxygens (including phenoxy) is 1. The Morgan fingerprint density at radius 3 is 1.87 bits per heavy atom. The lowest BCUT2D eigenvalue weighted by Gasteiger charge is -2.24. The zero-order valence-corrected chi connectivity index (χ0v) is 19.2. The van der Waals surface area contributed by atoms with Gasteiger partial charge in [-0.1, -0.05) is 50.6 Å². The molecular weight excluding hydrogens is 410 g/mol. The van der Waals surface area contributed by atoms with Crippen LogP contribution in [0.15, 0.2) is 77.7 Å². The highest BCUT2D eigenvalue weighted by atomic mass is 32.2. The van der Waals surface area contributed by atoms with Crippen LogP contribution < -0.4 is 9.04 Å². The highest BCUT2D eigenvalue weighted by Crippen LogP contribution is 2.29. The van der Waals surface area contributed by atoms with Crippen molar-refractivity contribution in [1.29, 1.82) is 0 Å². The van der Waals surface area contributed by atoms with Crippen molar-refractivity contribution >= 4 is 21.6 Å².